The van der Waals surface area contributed by atoms with Crippen LogP contribution in [0.15, 0.2) is 6.07 Å². The molecule has 1 heterocycles. The summed E-state index contributed by atoms with van der Waals surface area (Å²) in [7, 11) is 0. The minimum absolute atomic E-state index is 0.180. The second-order valence-electron chi connectivity index (χ2n) is 2.69. The van der Waals surface area contributed by atoms with Crippen LogP contribution < -0.4 is 5.73 Å². The van der Waals surface area contributed by atoms with Crippen molar-refractivity contribution in [3.8, 4) is 0 Å². The van der Waals surface area contributed by atoms with Gasteiger partial charge in [0.25, 0.3) is 0 Å². The van der Waals surface area contributed by atoms with Crippen molar-refractivity contribution in [2.45, 2.75) is 19.4 Å². The van der Waals surface area contributed by atoms with Gasteiger partial charge in [0.15, 0.2) is 5.82 Å². The minimum atomic E-state index is -1.05. The zero-order chi connectivity index (χ0) is 9.84. The van der Waals surface area contributed by atoms with Crippen molar-refractivity contribution in [1.82, 2.24) is 9.97 Å². The highest BCUT2D eigenvalue weighted by Crippen LogP contribution is 2.10. The first-order chi connectivity index (χ1) is 6.17. The summed E-state index contributed by atoms with van der Waals surface area (Å²) in [6, 6.07) is 1.65. The Kier molecular flexibility index (Phi) is 3.16. The van der Waals surface area contributed by atoms with Crippen LogP contribution in [0.2, 0.25) is 0 Å². The maximum absolute atomic E-state index is 9.24. The molecule has 0 saturated carbocycles. The van der Waals surface area contributed by atoms with Gasteiger partial charge in [-0.15, -0.1) is 0 Å². The summed E-state index contributed by atoms with van der Waals surface area (Å²) >= 11 is 0. The lowest BCUT2D eigenvalue weighted by Gasteiger charge is -2.07. The maximum Gasteiger partial charge on any atom is 0.161 e. The molecule has 5 heteroatoms. The van der Waals surface area contributed by atoms with Crippen molar-refractivity contribution < 1.29 is 10.2 Å². The number of aliphatic hydroxyl groups is 2. The van der Waals surface area contributed by atoms with E-state index in [2.05, 4.69) is 9.97 Å². The van der Waals surface area contributed by atoms with Gasteiger partial charge in [0.1, 0.15) is 11.9 Å². The Morgan fingerprint density at radius 3 is 2.77 bits per heavy atom. The number of nitrogens with zero attached hydrogens (tertiary/aromatic N) is 2. The molecule has 72 valence electrons. The molecule has 0 spiro atoms. The molecule has 1 aromatic rings. The van der Waals surface area contributed by atoms with E-state index in [0.717, 1.165) is 12.1 Å². The first-order valence-corrected chi connectivity index (χ1v) is 4.09. The van der Waals surface area contributed by atoms with Crippen LogP contribution in [0.3, 0.4) is 0 Å². The van der Waals surface area contributed by atoms with Gasteiger partial charge in [-0.2, -0.15) is 0 Å². The molecule has 0 saturated heterocycles. The molecule has 0 radical (unpaired) electrons. The van der Waals surface area contributed by atoms with Crippen molar-refractivity contribution in [2.75, 3.05) is 12.3 Å². The van der Waals surface area contributed by atoms with E-state index < -0.39 is 12.7 Å². The monoisotopic (exact) mass is 183 g/mol. The van der Waals surface area contributed by atoms with E-state index in [1.165, 1.54) is 0 Å². The van der Waals surface area contributed by atoms with Crippen LogP contribution in [0.25, 0.3) is 0 Å². The normalized spacial score (nSPS) is 12.8. The molecule has 0 bridgehead atoms. The number of aromatic nitrogens is 2. The van der Waals surface area contributed by atoms with Gasteiger partial charge in [0.2, 0.25) is 0 Å². The van der Waals surface area contributed by atoms with Gasteiger partial charge in [-0.1, -0.05) is 6.92 Å². The molecule has 0 aliphatic rings. The van der Waals surface area contributed by atoms with Gasteiger partial charge in [0, 0.05) is 11.8 Å². The van der Waals surface area contributed by atoms with Crippen molar-refractivity contribution in [2.24, 2.45) is 0 Å². The quantitative estimate of drug-likeness (QED) is 0.595. The number of nitrogens with two attached hydrogens (primary N) is 1. The third-order valence-corrected chi connectivity index (χ3v) is 1.65. The smallest absolute Gasteiger partial charge is 0.161 e. The van der Waals surface area contributed by atoms with Crippen LogP contribution >= 0.6 is 0 Å². The second kappa shape index (κ2) is 4.15. The Balaban J connectivity index is 3.01. The fourth-order valence-electron chi connectivity index (χ4n) is 0.951. The molecule has 1 rings (SSSR count). The number of anilines is 1. The van der Waals surface area contributed by atoms with E-state index in [4.69, 9.17) is 10.8 Å². The van der Waals surface area contributed by atoms with Crippen LogP contribution in [0.1, 0.15) is 24.5 Å². The fourth-order valence-corrected chi connectivity index (χ4v) is 0.951. The Hall–Kier alpha value is -1.20. The molecule has 4 N–H and O–H groups in total. The number of hydrogen-bond acceptors (Lipinski definition) is 5. The summed E-state index contributed by atoms with van der Waals surface area (Å²) in [6.45, 7) is 1.53. The highest BCUT2D eigenvalue weighted by atomic mass is 16.3. The molecule has 0 aliphatic carbocycles. The van der Waals surface area contributed by atoms with Gasteiger partial charge in [-0.3, -0.25) is 0 Å². The van der Waals surface area contributed by atoms with E-state index in [-0.39, 0.29) is 5.82 Å². The van der Waals surface area contributed by atoms with Crippen LogP contribution in [-0.2, 0) is 6.42 Å². The molecular weight excluding hydrogens is 170 g/mol. The van der Waals surface area contributed by atoms with E-state index in [0.29, 0.717) is 5.82 Å². The van der Waals surface area contributed by atoms with Gasteiger partial charge in [0.05, 0.1) is 6.61 Å². The summed E-state index contributed by atoms with van der Waals surface area (Å²) in [6.07, 6.45) is -0.327. The van der Waals surface area contributed by atoms with Gasteiger partial charge in [-0.25, -0.2) is 9.97 Å². The SMILES string of the molecule is CCc1cc(N)nc(C(O)CO)n1. The lowest BCUT2D eigenvalue weighted by Crippen LogP contribution is -2.10. The number of aryl methyl sites for hydroxylation is 1. The number of aliphatic hydroxyl groups excluding tert-OH is 2. The van der Waals surface area contributed by atoms with E-state index in [1.54, 1.807) is 6.07 Å². The summed E-state index contributed by atoms with van der Waals surface area (Å²) < 4.78 is 0. The maximum atomic E-state index is 9.24. The Morgan fingerprint density at radius 1 is 1.54 bits per heavy atom. The van der Waals surface area contributed by atoms with Crippen LogP contribution in [0.5, 0.6) is 0 Å². The van der Waals surface area contributed by atoms with Crippen molar-refractivity contribution in [3.63, 3.8) is 0 Å². The lowest BCUT2D eigenvalue weighted by atomic mass is 10.3. The molecular formula is C8H13N3O2. The van der Waals surface area contributed by atoms with Crippen molar-refractivity contribution >= 4 is 5.82 Å². The van der Waals surface area contributed by atoms with Gasteiger partial charge in [-0.05, 0) is 6.42 Å². The van der Waals surface area contributed by atoms with Crippen LogP contribution in [0.4, 0.5) is 5.82 Å². The summed E-state index contributed by atoms with van der Waals surface area (Å²) in [5.41, 5.74) is 6.24. The topological polar surface area (TPSA) is 92.3 Å². The highest BCUT2D eigenvalue weighted by molar-refractivity contribution is 5.30. The molecule has 0 aliphatic heterocycles. The fraction of sp³-hybridized carbons (Fsp3) is 0.500. The molecule has 13 heavy (non-hydrogen) atoms. The second-order valence-corrected chi connectivity index (χ2v) is 2.69. The largest absolute Gasteiger partial charge is 0.393 e. The number of hydrogen-bond donors (Lipinski definition) is 3. The molecule has 0 fully saturated rings. The Bertz CT molecular complexity index is 291. The zero-order valence-corrected chi connectivity index (χ0v) is 7.44. The summed E-state index contributed by atoms with van der Waals surface area (Å²) in [4.78, 5) is 7.83. The standard InChI is InChI=1S/C8H13N3O2/c1-2-5-3-7(9)11-8(10-5)6(13)4-12/h3,6,12-13H,2,4H2,1H3,(H2,9,10,11). The Labute approximate surface area is 76.3 Å². The Morgan fingerprint density at radius 2 is 2.23 bits per heavy atom. The van der Waals surface area contributed by atoms with Crippen LogP contribution in [-0.4, -0.2) is 26.8 Å². The van der Waals surface area contributed by atoms with E-state index >= 15 is 0 Å². The van der Waals surface area contributed by atoms with E-state index in [9.17, 15) is 5.11 Å². The highest BCUT2D eigenvalue weighted by Gasteiger charge is 2.10. The average Bonchev–Trinajstić information content (AvgIpc) is 2.15. The van der Waals surface area contributed by atoms with Gasteiger partial charge < -0.3 is 15.9 Å². The van der Waals surface area contributed by atoms with E-state index in [1.807, 2.05) is 6.92 Å². The third-order valence-electron chi connectivity index (χ3n) is 1.65. The molecule has 5 nitrogen and oxygen atoms in total. The van der Waals surface area contributed by atoms with Crippen molar-refractivity contribution in [1.29, 1.82) is 0 Å². The predicted molar refractivity (Wildman–Crippen MR) is 47.9 cm³/mol. The molecule has 0 aromatic carbocycles. The van der Waals surface area contributed by atoms with Crippen molar-refractivity contribution in [3.05, 3.63) is 17.6 Å². The molecule has 1 unspecified atom stereocenters. The van der Waals surface area contributed by atoms with Crippen LogP contribution in [0, 0.1) is 0 Å². The lowest BCUT2D eigenvalue weighted by molar-refractivity contribution is 0.0885. The molecule has 0 amide bonds. The number of nitrogen functional groups attached to an aromatic ring is 1. The third kappa shape index (κ3) is 2.37. The average molecular weight is 183 g/mol. The van der Waals surface area contributed by atoms with Gasteiger partial charge >= 0.3 is 0 Å². The summed E-state index contributed by atoms with van der Waals surface area (Å²) in [5.74, 6) is 0.494. The molecule has 1 aromatic heterocycles. The first kappa shape index (κ1) is 9.88. The minimum Gasteiger partial charge on any atom is -0.393 e. The summed E-state index contributed by atoms with van der Waals surface area (Å²) in [5, 5.41) is 17.9. The number of rotatable bonds is 3. The first-order valence-electron chi connectivity index (χ1n) is 4.09. The zero-order valence-electron chi connectivity index (χ0n) is 7.44. The predicted octanol–water partition coefficient (Wildman–Crippen LogP) is -0.353. The molecule has 1 atom stereocenters.